The highest BCUT2D eigenvalue weighted by atomic mass is 16.5. The molecule has 2 aromatic rings. The van der Waals surface area contributed by atoms with Crippen LogP contribution >= 0.6 is 0 Å². The molecule has 0 bridgehead atoms. The normalized spacial score (nSPS) is 11.6. The van der Waals surface area contributed by atoms with Gasteiger partial charge in [0.25, 0.3) is 0 Å². The predicted molar refractivity (Wildman–Crippen MR) is 96.8 cm³/mol. The largest absolute Gasteiger partial charge is 0.493 e. The van der Waals surface area contributed by atoms with Crippen molar-refractivity contribution in [3.05, 3.63) is 59.7 Å². The highest BCUT2D eigenvalue weighted by molar-refractivity contribution is 5.70. The van der Waals surface area contributed by atoms with Gasteiger partial charge in [-0.25, -0.2) is 0 Å². The fourth-order valence-electron chi connectivity index (χ4n) is 2.60. The summed E-state index contributed by atoms with van der Waals surface area (Å²) in [5, 5.41) is 3.43. The van der Waals surface area contributed by atoms with Gasteiger partial charge in [0.2, 0.25) is 0 Å². The number of carbonyl (C=O) groups excluding carboxylic acids is 1. The Balaban J connectivity index is 2.19. The zero-order chi connectivity index (χ0) is 18.1. The SMILES string of the molecule is CCOC(=O)CC(NCc1ccccc1)c1ccc(OC)c(OC)c1. The van der Waals surface area contributed by atoms with Gasteiger partial charge in [-0.05, 0) is 30.2 Å². The summed E-state index contributed by atoms with van der Waals surface area (Å²) in [6, 6.07) is 15.5. The molecule has 0 saturated heterocycles. The van der Waals surface area contributed by atoms with Crippen molar-refractivity contribution < 1.29 is 19.0 Å². The molecule has 5 nitrogen and oxygen atoms in total. The molecule has 1 atom stereocenters. The Kier molecular flexibility index (Phi) is 7.29. The third-order valence-electron chi connectivity index (χ3n) is 3.88. The Morgan fingerprint density at radius 2 is 1.76 bits per heavy atom. The van der Waals surface area contributed by atoms with Crippen LogP contribution < -0.4 is 14.8 Å². The maximum absolute atomic E-state index is 12.0. The molecule has 0 aliphatic heterocycles. The van der Waals surface area contributed by atoms with Crippen LogP contribution in [0.1, 0.15) is 30.5 Å². The van der Waals surface area contributed by atoms with Crippen molar-refractivity contribution in [1.82, 2.24) is 5.32 Å². The van der Waals surface area contributed by atoms with E-state index >= 15 is 0 Å². The number of carbonyl (C=O) groups is 1. The van der Waals surface area contributed by atoms with Crippen LogP contribution in [0.3, 0.4) is 0 Å². The summed E-state index contributed by atoms with van der Waals surface area (Å²) in [5.41, 5.74) is 2.10. The van der Waals surface area contributed by atoms with Crippen molar-refractivity contribution in [2.45, 2.75) is 25.9 Å². The van der Waals surface area contributed by atoms with Crippen molar-refractivity contribution in [1.29, 1.82) is 0 Å². The van der Waals surface area contributed by atoms with Crippen molar-refractivity contribution in [2.75, 3.05) is 20.8 Å². The molecule has 0 amide bonds. The Labute approximate surface area is 148 Å². The van der Waals surface area contributed by atoms with Crippen molar-refractivity contribution in [3.63, 3.8) is 0 Å². The molecular weight excluding hydrogens is 318 g/mol. The summed E-state index contributed by atoms with van der Waals surface area (Å²) in [7, 11) is 3.20. The van der Waals surface area contributed by atoms with Gasteiger partial charge < -0.3 is 19.5 Å². The zero-order valence-corrected chi connectivity index (χ0v) is 15.0. The third kappa shape index (κ3) is 5.50. The number of esters is 1. The van der Waals surface area contributed by atoms with Crippen LogP contribution in [0.5, 0.6) is 11.5 Å². The Morgan fingerprint density at radius 3 is 2.40 bits per heavy atom. The van der Waals surface area contributed by atoms with Crippen LogP contribution in [0.2, 0.25) is 0 Å². The maximum atomic E-state index is 12.0. The Bertz CT molecular complexity index is 673. The van der Waals surface area contributed by atoms with Crippen molar-refractivity contribution >= 4 is 5.97 Å². The molecule has 25 heavy (non-hydrogen) atoms. The number of hydrogen-bond acceptors (Lipinski definition) is 5. The average molecular weight is 343 g/mol. The van der Waals surface area contributed by atoms with Gasteiger partial charge >= 0.3 is 5.97 Å². The standard InChI is InChI=1S/C20H25NO4/c1-4-25-20(22)13-17(21-14-15-8-6-5-7-9-15)16-10-11-18(23-2)19(12-16)24-3/h5-12,17,21H,4,13-14H2,1-3H3. The second-order valence-corrected chi connectivity index (χ2v) is 5.54. The van der Waals surface area contributed by atoms with Crippen LogP contribution in [0, 0.1) is 0 Å². The highest BCUT2D eigenvalue weighted by Gasteiger charge is 2.18. The summed E-state index contributed by atoms with van der Waals surface area (Å²) in [6.45, 7) is 2.83. The fourth-order valence-corrected chi connectivity index (χ4v) is 2.60. The van der Waals surface area contributed by atoms with Gasteiger partial charge in [-0.3, -0.25) is 4.79 Å². The number of ether oxygens (including phenoxy) is 3. The second kappa shape index (κ2) is 9.69. The number of hydrogen-bond donors (Lipinski definition) is 1. The summed E-state index contributed by atoms with van der Waals surface area (Å²) >= 11 is 0. The quantitative estimate of drug-likeness (QED) is 0.706. The molecule has 0 saturated carbocycles. The molecule has 2 rings (SSSR count). The molecule has 0 spiro atoms. The van der Waals surface area contributed by atoms with E-state index in [1.54, 1.807) is 21.1 Å². The topological polar surface area (TPSA) is 56.8 Å². The minimum Gasteiger partial charge on any atom is -0.493 e. The average Bonchev–Trinajstić information content (AvgIpc) is 2.65. The van der Waals surface area contributed by atoms with E-state index in [1.165, 1.54) is 0 Å². The van der Waals surface area contributed by atoms with Crippen LogP contribution in [0.15, 0.2) is 48.5 Å². The minimum absolute atomic E-state index is 0.181. The summed E-state index contributed by atoms with van der Waals surface area (Å²) < 4.78 is 15.8. The number of nitrogens with one attached hydrogen (secondary N) is 1. The lowest BCUT2D eigenvalue weighted by Gasteiger charge is -2.20. The van der Waals surface area contributed by atoms with Crippen molar-refractivity contribution in [2.24, 2.45) is 0 Å². The zero-order valence-electron chi connectivity index (χ0n) is 15.0. The predicted octanol–water partition coefficient (Wildman–Crippen LogP) is 3.49. The lowest BCUT2D eigenvalue weighted by Crippen LogP contribution is -2.24. The van der Waals surface area contributed by atoms with Gasteiger partial charge in [0, 0.05) is 12.6 Å². The Hall–Kier alpha value is -2.53. The van der Waals surface area contributed by atoms with Crippen LogP contribution in [-0.2, 0) is 16.1 Å². The van der Waals surface area contributed by atoms with Gasteiger partial charge in [-0.2, -0.15) is 0 Å². The molecule has 2 aromatic carbocycles. The molecule has 5 heteroatoms. The van der Waals surface area contributed by atoms with E-state index in [0.29, 0.717) is 24.7 Å². The second-order valence-electron chi connectivity index (χ2n) is 5.54. The molecule has 0 fully saturated rings. The van der Waals surface area contributed by atoms with E-state index in [4.69, 9.17) is 14.2 Å². The van der Waals surface area contributed by atoms with E-state index in [0.717, 1.165) is 11.1 Å². The number of rotatable bonds is 9. The highest BCUT2D eigenvalue weighted by Crippen LogP contribution is 2.31. The van der Waals surface area contributed by atoms with E-state index in [-0.39, 0.29) is 18.4 Å². The first-order valence-corrected chi connectivity index (χ1v) is 8.32. The molecular formula is C20H25NO4. The maximum Gasteiger partial charge on any atom is 0.307 e. The van der Waals surface area contributed by atoms with E-state index in [9.17, 15) is 4.79 Å². The monoisotopic (exact) mass is 343 g/mol. The smallest absolute Gasteiger partial charge is 0.307 e. The molecule has 1 N–H and O–H groups in total. The minimum atomic E-state index is -0.233. The van der Waals surface area contributed by atoms with Gasteiger partial charge in [0.1, 0.15) is 0 Å². The summed E-state index contributed by atoms with van der Waals surface area (Å²) in [6.07, 6.45) is 0.246. The van der Waals surface area contributed by atoms with Crippen molar-refractivity contribution in [3.8, 4) is 11.5 Å². The summed E-state index contributed by atoms with van der Waals surface area (Å²) in [5.74, 6) is 1.06. The molecule has 0 aliphatic carbocycles. The fraction of sp³-hybridized carbons (Fsp3) is 0.350. The van der Waals surface area contributed by atoms with E-state index < -0.39 is 0 Å². The van der Waals surface area contributed by atoms with E-state index in [1.807, 2.05) is 48.5 Å². The first-order valence-electron chi connectivity index (χ1n) is 8.32. The van der Waals surface area contributed by atoms with Gasteiger partial charge in [-0.15, -0.1) is 0 Å². The molecule has 0 radical (unpaired) electrons. The van der Waals surface area contributed by atoms with Crippen LogP contribution in [0.25, 0.3) is 0 Å². The third-order valence-corrected chi connectivity index (χ3v) is 3.88. The molecule has 0 heterocycles. The Morgan fingerprint density at radius 1 is 1.04 bits per heavy atom. The first kappa shape index (κ1) is 18.8. The lowest BCUT2D eigenvalue weighted by molar-refractivity contribution is -0.143. The lowest BCUT2D eigenvalue weighted by atomic mass is 10.0. The van der Waals surface area contributed by atoms with E-state index in [2.05, 4.69) is 5.32 Å². The van der Waals surface area contributed by atoms with Gasteiger partial charge in [0.05, 0.1) is 27.2 Å². The van der Waals surface area contributed by atoms with Crippen LogP contribution in [-0.4, -0.2) is 26.8 Å². The van der Waals surface area contributed by atoms with Gasteiger partial charge in [0.15, 0.2) is 11.5 Å². The van der Waals surface area contributed by atoms with Gasteiger partial charge in [-0.1, -0.05) is 36.4 Å². The molecule has 1 unspecified atom stereocenters. The molecule has 0 aromatic heterocycles. The van der Waals surface area contributed by atoms with Crippen LogP contribution in [0.4, 0.5) is 0 Å². The first-order chi connectivity index (χ1) is 12.2. The molecule has 0 aliphatic rings. The summed E-state index contributed by atoms with van der Waals surface area (Å²) in [4.78, 5) is 12.0. The molecule has 134 valence electrons. The number of methoxy groups -OCH3 is 2. The number of benzene rings is 2.